The highest BCUT2D eigenvalue weighted by Gasteiger charge is 2.40. The first-order valence-corrected chi connectivity index (χ1v) is 6.34. The van der Waals surface area contributed by atoms with Gasteiger partial charge in [-0.2, -0.15) is 0 Å². The standard InChI is InChI=1S/C12H15Cl2NO2/c1-12(2)7-17-15(11(12)16)6-8-3-4-9(13)5-10(8)14/h5H,3-4,6-7H2,1-2H3. The fourth-order valence-corrected chi connectivity index (χ4v) is 2.39. The third kappa shape index (κ3) is 2.67. The van der Waals surface area contributed by atoms with E-state index in [0.717, 1.165) is 23.4 Å². The number of hydroxylamine groups is 2. The van der Waals surface area contributed by atoms with Crippen LogP contribution in [0, 0.1) is 5.41 Å². The van der Waals surface area contributed by atoms with Gasteiger partial charge in [-0.05, 0) is 38.3 Å². The van der Waals surface area contributed by atoms with Gasteiger partial charge in [0.2, 0.25) is 0 Å². The first-order chi connectivity index (χ1) is 7.90. The predicted octanol–water partition coefficient (Wildman–Crippen LogP) is 3.20. The summed E-state index contributed by atoms with van der Waals surface area (Å²) >= 11 is 12.0. The SMILES string of the molecule is CC1(C)CON(CC2=C(Cl)C=C(Cl)CC2)C1=O. The molecule has 1 aliphatic carbocycles. The molecule has 0 bridgehead atoms. The second-order valence-corrected chi connectivity index (χ2v) is 5.93. The summed E-state index contributed by atoms with van der Waals surface area (Å²) in [7, 11) is 0. The molecule has 5 heteroatoms. The van der Waals surface area contributed by atoms with Crippen molar-refractivity contribution in [1.82, 2.24) is 5.06 Å². The van der Waals surface area contributed by atoms with Crippen molar-refractivity contribution in [3.05, 3.63) is 21.7 Å². The molecule has 0 aromatic heterocycles. The Kier molecular flexibility index (Phi) is 3.53. The second kappa shape index (κ2) is 4.63. The zero-order valence-electron chi connectivity index (χ0n) is 9.93. The summed E-state index contributed by atoms with van der Waals surface area (Å²) in [6, 6.07) is 0. The highest BCUT2D eigenvalue weighted by molar-refractivity contribution is 6.35. The highest BCUT2D eigenvalue weighted by Crippen LogP contribution is 2.32. The number of carbonyl (C=O) groups is 1. The van der Waals surface area contributed by atoms with Crippen LogP contribution in [0.25, 0.3) is 0 Å². The number of carbonyl (C=O) groups excluding carboxylic acids is 1. The van der Waals surface area contributed by atoms with Crippen LogP contribution < -0.4 is 0 Å². The van der Waals surface area contributed by atoms with Crippen LogP contribution in [0.15, 0.2) is 21.7 Å². The smallest absolute Gasteiger partial charge is 0.254 e. The Balaban J connectivity index is 2.09. The summed E-state index contributed by atoms with van der Waals surface area (Å²) in [5, 5.41) is 2.79. The minimum atomic E-state index is -0.435. The van der Waals surface area contributed by atoms with Gasteiger partial charge < -0.3 is 0 Å². The fraction of sp³-hybridized carbons (Fsp3) is 0.583. The zero-order valence-corrected chi connectivity index (χ0v) is 11.4. The minimum Gasteiger partial charge on any atom is -0.272 e. The Morgan fingerprint density at radius 1 is 1.41 bits per heavy atom. The van der Waals surface area contributed by atoms with E-state index in [4.69, 9.17) is 28.0 Å². The molecule has 1 fully saturated rings. The van der Waals surface area contributed by atoms with Gasteiger partial charge in [-0.1, -0.05) is 23.2 Å². The average molecular weight is 276 g/mol. The van der Waals surface area contributed by atoms with Gasteiger partial charge in [0.25, 0.3) is 5.91 Å². The van der Waals surface area contributed by atoms with Gasteiger partial charge in [0.05, 0.1) is 18.6 Å². The quantitative estimate of drug-likeness (QED) is 0.775. The van der Waals surface area contributed by atoms with Crippen molar-refractivity contribution in [2.75, 3.05) is 13.2 Å². The average Bonchev–Trinajstić information content (AvgIpc) is 2.49. The van der Waals surface area contributed by atoms with Crippen LogP contribution >= 0.6 is 23.2 Å². The van der Waals surface area contributed by atoms with Crippen molar-refractivity contribution < 1.29 is 9.63 Å². The number of nitrogens with zero attached hydrogens (tertiary/aromatic N) is 1. The molecule has 1 aliphatic heterocycles. The number of halogens is 2. The molecule has 3 nitrogen and oxygen atoms in total. The van der Waals surface area contributed by atoms with Crippen molar-refractivity contribution in [3.63, 3.8) is 0 Å². The Bertz CT molecular complexity index is 413. The van der Waals surface area contributed by atoms with Crippen LogP contribution in [0.3, 0.4) is 0 Å². The lowest BCUT2D eigenvalue weighted by atomic mass is 9.94. The van der Waals surface area contributed by atoms with Crippen molar-refractivity contribution in [2.45, 2.75) is 26.7 Å². The highest BCUT2D eigenvalue weighted by atomic mass is 35.5. The Hall–Kier alpha value is -0.510. The molecule has 2 aliphatic rings. The molecule has 0 atom stereocenters. The molecular weight excluding hydrogens is 261 g/mol. The molecule has 0 spiro atoms. The van der Waals surface area contributed by atoms with E-state index in [1.807, 2.05) is 13.8 Å². The van der Waals surface area contributed by atoms with Gasteiger partial charge in [0, 0.05) is 10.1 Å². The molecule has 17 heavy (non-hydrogen) atoms. The number of hydrogen-bond acceptors (Lipinski definition) is 2. The van der Waals surface area contributed by atoms with E-state index in [2.05, 4.69) is 0 Å². The van der Waals surface area contributed by atoms with E-state index in [9.17, 15) is 4.79 Å². The second-order valence-electron chi connectivity index (χ2n) is 5.04. The van der Waals surface area contributed by atoms with Crippen LogP contribution in [0.2, 0.25) is 0 Å². The number of hydrogen-bond donors (Lipinski definition) is 0. The van der Waals surface area contributed by atoms with Crippen LogP contribution in [0.1, 0.15) is 26.7 Å². The summed E-state index contributed by atoms with van der Waals surface area (Å²) in [4.78, 5) is 17.4. The molecule has 0 saturated carbocycles. The maximum atomic E-state index is 12.0. The topological polar surface area (TPSA) is 29.5 Å². The third-order valence-electron chi connectivity index (χ3n) is 3.01. The van der Waals surface area contributed by atoms with Gasteiger partial charge >= 0.3 is 0 Å². The van der Waals surface area contributed by atoms with Crippen LogP contribution in [0.4, 0.5) is 0 Å². The van der Waals surface area contributed by atoms with E-state index in [1.54, 1.807) is 6.08 Å². The zero-order chi connectivity index (χ0) is 12.6. The van der Waals surface area contributed by atoms with E-state index < -0.39 is 5.41 Å². The molecule has 1 heterocycles. The van der Waals surface area contributed by atoms with E-state index in [0.29, 0.717) is 18.2 Å². The van der Waals surface area contributed by atoms with Crippen LogP contribution in [-0.4, -0.2) is 24.1 Å². The normalized spacial score (nSPS) is 24.4. The van der Waals surface area contributed by atoms with Crippen LogP contribution in [0.5, 0.6) is 0 Å². The van der Waals surface area contributed by atoms with Gasteiger partial charge in [-0.15, -0.1) is 0 Å². The van der Waals surface area contributed by atoms with Crippen molar-refractivity contribution in [3.8, 4) is 0 Å². The molecule has 1 saturated heterocycles. The lowest BCUT2D eigenvalue weighted by molar-refractivity contribution is -0.160. The van der Waals surface area contributed by atoms with Crippen molar-refractivity contribution in [1.29, 1.82) is 0 Å². The van der Waals surface area contributed by atoms with Gasteiger partial charge in [0.15, 0.2) is 0 Å². The predicted molar refractivity (Wildman–Crippen MR) is 67.5 cm³/mol. The van der Waals surface area contributed by atoms with E-state index in [1.165, 1.54) is 5.06 Å². The third-order valence-corrected chi connectivity index (χ3v) is 3.68. The van der Waals surface area contributed by atoms with E-state index in [-0.39, 0.29) is 5.91 Å². The number of amides is 1. The molecule has 0 aromatic carbocycles. The first kappa shape index (κ1) is 12.9. The van der Waals surface area contributed by atoms with Crippen molar-refractivity contribution in [2.24, 2.45) is 5.41 Å². The van der Waals surface area contributed by atoms with Gasteiger partial charge in [-0.3, -0.25) is 9.63 Å². The van der Waals surface area contributed by atoms with Crippen LogP contribution in [-0.2, 0) is 9.63 Å². The first-order valence-electron chi connectivity index (χ1n) is 5.58. The number of rotatable bonds is 2. The molecule has 2 rings (SSSR count). The minimum absolute atomic E-state index is 0.00937. The Labute approximate surface area is 111 Å². The number of allylic oxidation sites excluding steroid dienone is 3. The summed E-state index contributed by atoms with van der Waals surface area (Å²) in [5.74, 6) is 0.00937. The largest absolute Gasteiger partial charge is 0.272 e. The Morgan fingerprint density at radius 3 is 2.65 bits per heavy atom. The van der Waals surface area contributed by atoms with Gasteiger partial charge in [-0.25, -0.2) is 5.06 Å². The van der Waals surface area contributed by atoms with Gasteiger partial charge in [0.1, 0.15) is 0 Å². The lowest BCUT2D eigenvalue weighted by Crippen LogP contribution is -2.32. The molecule has 94 valence electrons. The molecule has 0 radical (unpaired) electrons. The summed E-state index contributed by atoms with van der Waals surface area (Å²) in [6.07, 6.45) is 3.30. The monoisotopic (exact) mass is 275 g/mol. The summed E-state index contributed by atoms with van der Waals surface area (Å²) in [6.45, 7) is 4.61. The summed E-state index contributed by atoms with van der Waals surface area (Å²) in [5.41, 5.74) is 0.567. The lowest BCUT2D eigenvalue weighted by Gasteiger charge is -2.20. The Morgan fingerprint density at radius 2 is 2.12 bits per heavy atom. The molecule has 0 aromatic rings. The summed E-state index contributed by atoms with van der Waals surface area (Å²) < 4.78 is 0. The van der Waals surface area contributed by atoms with Crippen molar-refractivity contribution >= 4 is 29.1 Å². The van der Waals surface area contributed by atoms with E-state index >= 15 is 0 Å². The molecule has 1 amide bonds. The molecule has 0 N–H and O–H groups in total. The molecular formula is C12H15Cl2NO2. The molecule has 0 unspecified atom stereocenters. The maximum Gasteiger partial charge on any atom is 0.254 e. The fourth-order valence-electron chi connectivity index (χ4n) is 1.84. The maximum absolute atomic E-state index is 12.0.